The maximum Gasteiger partial charge on any atom is 0.220 e. The van der Waals surface area contributed by atoms with Gasteiger partial charge in [0.05, 0.1) is 5.71 Å². The Kier molecular flexibility index (Phi) is 9.84. The number of hydrogen-bond donors (Lipinski definition) is 1. The molecule has 1 aliphatic heterocycles. The maximum absolute atomic E-state index is 11.9. The maximum atomic E-state index is 11.9. The van der Waals surface area contributed by atoms with E-state index in [1.165, 1.54) is 44.1 Å². The lowest BCUT2D eigenvalue weighted by molar-refractivity contribution is -0.121. The molecule has 0 bridgehead atoms. The molecule has 0 unspecified atom stereocenters. The van der Waals surface area contributed by atoms with Crippen molar-refractivity contribution in [2.75, 3.05) is 6.54 Å². The van der Waals surface area contributed by atoms with E-state index in [0.29, 0.717) is 19.6 Å². The molecular weight excluding hydrogens is 324 g/mol. The highest BCUT2D eigenvalue weighted by Crippen LogP contribution is 2.13. The zero-order chi connectivity index (χ0) is 18.5. The SMILES string of the molecule is Cc1ccc(CO/N=C2\CCCCCCCCCCC(=O)NCC2)cc1. The van der Waals surface area contributed by atoms with E-state index in [1.54, 1.807) is 0 Å². The van der Waals surface area contributed by atoms with Crippen LogP contribution in [0, 0.1) is 6.92 Å². The van der Waals surface area contributed by atoms with E-state index in [4.69, 9.17) is 4.84 Å². The van der Waals surface area contributed by atoms with Crippen molar-refractivity contribution in [2.45, 2.75) is 84.2 Å². The smallest absolute Gasteiger partial charge is 0.220 e. The summed E-state index contributed by atoms with van der Waals surface area (Å²) in [6.07, 6.45) is 12.1. The van der Waals surface area contributed by atoms with Crippen LogP contribution < -0.4 is 5.32 Å². The Labute approximate surface area is 158 Å². The van der Waals surface area contributed by atoms with E-state index in [9.17, 15) is 4.79 Å². The molecule has 0 spiro atoms. The second kappa shape index (κ2) is 12.5. The summed E-state index contributed by atoms with van der Waals surface area (Å²) in [7, 11) is 0. The molecule has 4 nitrogen and oxygen atoms in total. The number of hydrogen-bond acceptors (Lipinski definition) is 3. The monoisotopic (exact) mass is 358 g/mol. The van der Waals surface area contributed by atoms with Crippen molar-refractivity contribution in [1.29, 1.82) is 0 Å². The lowest BCUT2D eigenvalue weighted by Gasteiger charge is -2.09. The number of carbonyl (C=O) groups is 1. The van der Waals surface area contributed by atoms with Gasteiger partial charge in [0.25, 0.3) is 0 Å². The number of amides is 1. The molecule has 0 aromatic heterocycles. The van der Waals surface area contributed by atoms with Crippen LogP contribution in [0.3, 0.4) is 0 Å². The van der Waals surface area contributed by atoms with Crippen LogP contribution >= 0.6 is 0 Å². The standard InChI is InChI=1S/C22H34N2O2/c1-19-12-14-20(15-13-19)18-26-24-21-10-8-6-4-2-3-5-7-9-11-22(25)23-17-16-21/h12-15H,2-11,16-18H2,1H3,(H,23,25)/b24-21+. The van der Waals surface area contributed by atoms with Crippen LogP contribution in [0.5, 0.6) is 0 Å². The van der Waals surface area contributed by atoms with Crippen molar-refractivity contribution in [3.8, 4) is 0 Å². The van der Waals surface area contributed by atoms with Crippen LogP contribution in [0.15, 0.2) is 29.4 Å². The molecule has 1 aromatic rings. The highest BCUT2D eigenvalue weighted by atomic mass is 16.6. The number of carbonyl (C=O) groups excluding carboxylic acids is 1. The van der Waals surface area contributed by atoms with Crippen molar-refractivity contribution in [2.24, 2.45) is 5.16 Å². The van der Waals surface area contributed by atoms with E-state index in [-0.39, 0.29) is 5.91 Å². The van der Waals surface area contributed by atoms with Gasteiger partial charge in [0.1, 0.15) is 6.61 Å². The summed E-state index contributed by atoms with van der Waals surface area (Å²) in [5.74, 6) is 0.166. The highest BCUT2D eigenvalue weighted by Gasteiger charge is 2.06. The molecule has 0 atom stereocenters. The minimum absolute atomic E-state index is 0.166. The Morgan fingerprint density at radius 1 is 0.885 bits per heavy atom. The first kappa shape index (κ1) is 20.5. The largest absolute Gasteiger partial charge is 0.391 e. The predicted molar refractivity (Wildman–Crippen MR) is 107 cm³/mol. The molecule has 1 saturated heterocycles. The summed E-state index contributed by atoms with van der Waals surface area (Å²) in [6.45, 7) is 3.23. The van der Waals surface area contributed by atoms with Gasteiger partial charge in [0.2, 0.25) is 5.91 Å². The second-order valence-electron chi connectivity index (χ2n) is 7.34. The number of oxime groups is 1. The van der Waals surface area contributed by atoms with Gasteiger partial charge in [-0.25, -0.2) is 0 Å². The third-order valence-corrected chi connectivity index (χ3v) is 4.90. The molecule has 0 saturated carbocycles. The normalized spacial score (nSPS) is 20.0. The summed E-state index contributed by atoms with van der Waals surface area (Å²) >= 11 is 0. The van der Waals surface area contributed by atoms with E-state index >= 15 is 0 Å². The predicted octanol–water partition coefficient (Wildman–Crippen LogP) is 5.29. The fraction of sp³-hybridized carbons (Fsp3) is 0.636. The Hall–Kier alpha value is -1.84. The number of aryl methyl sites for hydroxylation is 1. The van der Waals surface area contributed by atoms with Crippen LogP contribution in [-0.4, -0.2) is 18.2 Å². The molecule has 1 aliphatic rings. The molecule has 4 heteroatoms. The van der Waals surface area contributed by atoms with Crippen LogP contribution in [0.4, 0.5) is 0 Å². The van der Waals surface area contributed by atoms with Gasteiger partial charge in [0.15, 0.2) is 0 Å². The van der Waals surface area contributed by atoms with Gasteiger partial charge >= 0.3 is 0 Å². The molecule has 1 fully saturated rings. The minimum Gasteiger partial charge on any atom is -0.391 e. The fourth-order valence-corrected chi connectivity index (χ4v) is 3.21. The van der Waals surface area contributed by atoms with Gasteiger partial charge in [-0.15, -0.1) is 0 Å². The quantitative estimate of drug-likeness (QED) is 0.747. The summed E-state index contributed by atoms with van der Waals surface area (Å²) in [5.41, 5.74) is 3.44. The third kappa shape index (κ3) is 9.02. The van der Waals surface area contributed by atoms with Crippen LogP contribution in [0.25, 0.3) is 0 Å². The Morgan fingerprint density at radius 3 is 2.19 bits per heavy atom. The first-order valence-electron chi connectivity index (χ1n) is 10.2. The van der Waals surface area contributed by atoms with Crippen LogP contribution in [0.2, 0.25) is 0 Å². The van der Waals surface area contributed by atoms with Gasteiger partial charge in [-0.05, 0) is 31.7 Å². The molecule has 1 N–H and O–H groups in total. The van der Waals surface area contributed by atoms with Gasteiger partial charge in [-0.2, -0.15) is 0 Å². The number of benzene rings is 1. The summed E-state index contributed by atoms with van der Waals surface area (Å²) in [6, 6.07) is 8.33. The lowest BCUT2D eigenvalue weighted by atomic mass is 10.0. The molecule has 144 valence electrons. The highest BCUT2D eigenvalue weighted by molar-refractivity contribution is 5.84. The Bertz CT molecular complexity index is 552. The van der Waals surface area contributed by atoms with E-state index < -0.39 is 0 Å². The van der Waals surface area contributed by atoms with Crippen LogP contribution in [0.1, 0.15) is 81.8 Å². The lowest BCUT2D eigenvalue weighted by Crippen LogP contribution is -2.25. The average molecular weight is 359 g/mol. The topological polar surface area (TPSA) is 50.7 Å². The molecule has 26 heavy (non-hydrogen) atoms. The number of rotatable bonds is 3. The number of nitrogens with zero attached hydrogens (tertiary/aromatic N) is 1. The fourth-order valence-electron chi connectivity index (χ4n) is 3.21. The van der Waals surface area contributed by atoms with E-state index in [1.807, 2.05) is 0 Å². The van der Waals surface area contributed by atoms with Gasteiger partial charge in [0, 0.05) is 19.4 Å². The van der Waals surface area contributed by atoms with Crippen molar-refractivity contribution in [1.82, 2.24) is 5.32 Å². The van der Waals surface area contributed by atoms with E-state index in [2.05, 4.69) is 41.7 Å². The number of nitrogens with one attached hydrogen (secondary N) is 1. The van der Waals surface area contributed by atoms with Crippen molar-refractivity contribution < 1.29 is 9.63 Å². The zero-order valence-corrected chi connectivity index (χ0v) is 16.3. The minimum atomic E-state index is 0.166. The molecule has 0 radical (unpaired) electrons. The van der Waals surface area contributed by atoms with Crippen molar-refractivity contribution >= 4 is 11.6 Å². The van der Waals surface area contributed by atoms with Gasteiger partial charge in [-0.1, -0.05) is 73.5 Å². The summed E-state index contributed by atoms with van der Waals surface area (Å²) in [5, 5.41) is 7.40. The molecule has 1 amide bonds. The molecular formula is C22H34N2O2. The average Bonchev–Trinajstić information content (AvgIpc) is 2.64. The van der Waals surface area contributed by atoms with Gasteiger partial charge < -0.3 is 10.2 Å². The van der Waals surface area contributed by atoms with Crippen molar-refractivity contribution in [3.05, 3.63) is 35.4 Å². The molecule has 1 heterocycles. The van der Waals surface area contributed by atoms with Crippen molar-refractivity contribution in [3.63, 3.8) is 0 Å². The van der Waals surface area contributed by atoms with Gasteiger partial charge in [-0.3, -0.25) is 4.79 Å². The first-order valence-corrected chi connectivity index (χ1v) is 10.2. The third-order valence-electron chi connectivity index (χ3n) is 4.90. The molecule has 0 aliphatic carbocycles. The summed E-state index contributed by atoms with van der Waals surface area (Å²) < 4.78 is 0. The van der Waals surface area contributed by atoms with Crippen LogP contribution in [-0.2, 0) is 16.2 Å². The second-order valence-corrected chi connectivity index (χ2v) is 7.34. The molecule has 1 aromatic carbocycles. The van der Waals surface area contributed by atoms with E-state index in [0.717, 1.165) is 37.0 Å². The molecule has 2 rings (SSSR count). The first-order chi connectivity index (χ1) is 12.7. The Balaban J connectivity index is 1.83. The zero-order valence-electron chi connectivity index (χ0n) is 16.3. The summed E-state index contributed by atoms with van der Waals surface area (Å²) in [4.78, 5) is 17.5. The Morgan fingerprint density at radius 2 is 1.50 bits per heavy atom.